The first kappa shape index (κ1) is 23.9. The highest BCUT2D eigenvalue weighted by molar-refractivity contribution is 5.99. The number of ether oxygens (including phenoxy) is 2. The van der Waals surface area contributed by atoms with Gasteiger partial charge in [0.1, 0.15) is 24.3 Å². The molecule has 186 valence electrons. The van der Waals surface area contributed by atoms with Gasteiger partial charge in [0.25, 0.3) is 0 Å². The number of morpholine rings is 1. The molecule has 4 N–H and O–H groups in total. The first-order valence-corrected chi connectivity index (χ1v) is 12.1. The second-order valence-corrected chi connectivity index (χ2v) is 8.97. The first-order chi connectivity index (χ1) is 17.6. The number of benzene rings is 2. The van der Waals surface area contributed by atoms with E-state index in [1.165, 1.54) is 0 Å². The molecule has 36 heavy (non-hydrogen) atoms. The first-order valence-electron chi connectivity index (χ1n) is 12.1. The maximum Gasteiger partial charge on any atom is 0.229 e. The van der Waals surface area contributed by atoms with E-state index in [2.05, 4.69) is 25.5 Å². The Bertz CT molecular complexity index is 1300. The van der Waals surface area contributed by atoms with Crippen LogP contribution in [0.3, 0.4) is 0 Å². The maximum atomic E-state index is 6.33. The Balaban J connectivity index is 1.37. The normalized spacial score (nSPS) is 15.8. The van der Waals surface area contributed by atoms with E-state index in [9.17, 15) is 0 Å². The van der Waals surface area contributed by atoms with Crippen LogP contribution in [-0.2, 0) is 4.74 Å². The molecule has 2 aromatic heterocycles. The minimum absolute atomic E-state index is 0.0345. The molecule has 1 atom stereocenters. The molecule has 0 spiro atoms. The molecule has 1 unspecified atom stereocenters. The van der Waals surface area contributed by atoms with Crippen molar-refractivity contribution in [1.82, 2.24) is 25.2 Å². The molecule has 1 fully saturated rings. The third-order valence-electron chi connectivity index (χ3n) is 6.03. The summed E-state index contributed by atoms with van der Waals surface area (Å²) in [6, 6.07) is 17.9. The van der Waals surface area contributed by atoms with Gasteiger partial charge in [-0.15, -0.1) is 0 Å². The molecule has 0 radical (unpaired) electrons. The number of fused-ring (bicyclic) bond motifs is 1. The number of hydrogen-bond donors (Lipinski definition) is 3. The molecule has 0 saturated carbocycles. The third kappa shape index (κ3) is 5.54. The predicted molar refractivity (Wildman–Crippen MR) is 143 cm³/mol. The Kier molecular flexibility index (Phi) is 7.22. The van der Waals surface area contributed by atoms with Crippen molar-refractivity contribution in [2.24, 2.45) is 0 Å². The quantitative estimate of drug-likeness (QED) is 0.345. The van der Waals surface area contributed by atoms with Crippen LogP contribution in [0.2, 0.25) is 0 Å². The van der Waals surface area contributed by atoms with Crippen molar-refractivity contribution < 1.29 is 9.47 Å². The minimum atomic E-state index is -0.0345. The van der Waals surface area contributed by atoms with Crippen molar-refractivity contribution in [1.29, 1.82) is 0 Å². The lowest BCUT2D eigenvalue weighted by Gasteiger charge is -2.23. The van der Waals surface area contributed by atoms with E-state index >= 15 is 0 Å². The number of nitrogens with two attached hydrogens (primary N) is 1. The third-order valence-corrected chi connectivity index (χ3v) is 6.03. The zero-order valence-corrected chi connectivity index (χ0v) is 20.6. The molecule has 0 amide bonds. The van der Waals surface area contributed by atoms with E-state index in [1.807, 2.05) is 68.7 Å². The number of aromatic nitrogens is 3. The lowest BCUT2D eigenvalue weighted by atomic mass is 10.0. The highest BCUT2D eigenvalue weighted by atomic mass is 16.5. The summed E-state index contributed by atoms with van der Waals surface area (Å²) in [6.45, 7) is 3.81. The van der Waals surface area contributed by atoms with Gasteiger partial charge in [-0.05, 0) is 50.0 Å². The Morgan fingerprint density at radius 3 is 2.69 bits per heavy atom. The molecule has 9 heteroatoms. The molecular weight excluding hydrogens is 454 g/mol. The summed E-state index contributed by atoms with van der Waals surface area (Å²) in [5.74, 6) is 1.67. The fourth-order valence-corrected chi connectivity index (χ4v) is 4.10. The van der Waals surface area contributed by atoms with Crippen molar-refractivity contribution in [3.05, 3.63) is 66.5 Å². The number of hydrogen-bond acceptors (Lipinski definition) is 9. The van der Waals surface area contributed by atoms with Crippen molar-refractivity contribution in [2.45, 2.75) is 6.10 Å². The Morgan fingerprint density at radius 2 is 1.97 bits per heavy atom. The average molecular weight is 486 g/mol. The van der Waals surface area contributed by atoms with Gasteiger partial charge in [0.05, 0.1) is 29.7 Å². The van der Waals surface area contributed by atoms with E-state index in [0.29, 0.717) is 25.0 Å². The number of likely N-dealkylation sites (N-methyl/N-ethyl adjacent to an activating group) is 1. The molecule has 1 aliphatic heterocycles. The second kappa shape index (κ2) is 10.9. The summed E-state index contributed by atoms with van der Waals surface area (Å²) in [7, 11) is 4.05. The molecule has 1 saturated heterocycles. The second-order valence-electron chi connectivity index (χ2n) is 8.97. The summed E-state index contributed by atoms with van der Waals surface area (Å²) < 4.78 is 11.6. The van der Waals surface area contributed by atoms with Crippen LogP contribution in [0.15, 0.2) is 60.8 Å². The number of nitrogens with zero attached hydrogens (tertiary/aromatic N) is 4. The molecule has 9 nitrogen and oxygen atoms in total. The van der Waals surface area contributed by atoms with Gasteiger partial charge in [-0.2, -0.15) is 4.98 Å². The van der Waals surface area contributed by atoms with Crippen molar-refractivity contribution in [3.63, 3.8) is 0 Å². The van der Waals surface area contributed by atoms with Gasteiger partial charge in [0, 0.05) is 30.6 Å². The van der Waals surface area contributed by atoms with Gasteiger partial charge in [0.15, 0.2) is 0 Å². The van der Waals surface area contributed by atoms with Crippen LogP contribution < -0.4 is 21.1 Å². The lowest BCUT2D eigenvalue weighted by Crippen LogP contribution is -2.33. The molecule has 4 aromatic rings. The van der Waals surface area contributed by atoms with Crippen LogP contribution in [-0.4, -0.2) is 66.8 Å². The van der Waals surface area contributed by atoms with Crippen LogP contribution in [0.5, 0.6) is 5.75 Å². The summed E-state index contributed by atoms with van der Waals surface area (Å²) in [5.41, 5.74) is 10.8. The summed E-state index contributed by atoms with van der Waals surface area (Å²) in [5, 5.41) is 7.37. The van der Waals surface area contributed by atoms with Gasteiger partial charge in [0.2, 0.25) is 5.95 Å². The fraction of sp³-hybridized carbons (Fsp3) is 0.296. The number of anilines is 3. The van der Waals surface area contributed by atoms with Gasteiger partial charge < -0.3 is 30.7 Å². The zero-order valence-electron chi connectivity index (χ0n) is 20.6. The average Bonchev–Trinajstić information content (AvgIpc) is 2.90. The highest BCUT2D eigenvalue weighted by Crippen LogP contribution is 2.32. The monoisotopic (exact) mass is 485 g/mol. The Hall–Kier alpha value is -3.79. The molecule has 0 bridgehead atoms. The van der Waals surface area contributed by atoms with E-state index < -0.39 is 0 Å². The van der Waals surface area contributed by atoms with E-state index in [1.54, 1.807) is 6.20 Å². The van der Waals surface area contributed by atoms with Crippen molar-refractivity contribution >= 4 is 28.4 Å². The number of nitrogen functional groups attached to an aromatic ring is 1. The number of pyridine rings is 1. The van der Waals surface area contributed by atoms with Gasteiger partial charge >= 0.3 is 0 Å². The number of para-hydroxylation sites is 1. The van der Waals surface area contributed by atoms with Crippen LogP contribution in [0.25, 0.3) is 22.0 Å². The van der Waals surface area contributed by atoms with E-state index in [4.69, 9.17) is 20.2 Å². The lowest BCUT2D eigenvalue weighted by molar-refractivity contribution is 0.0250. The maximum absolute atomic E-state index is 6.33. The molecule has 0 aliphatic carbocycles. The Labute approximate surface area is 210 Å². The summed E-state index contributed by atoms with van der Waals surface area (Å²) >= 11 is 0. The van der Waals surface area contributed by atoms with Gasteiger partial charge in [-0.25, -0.2) is 4.98 Å². The van der Waals surface area contributed by atoms with Crippen molar-refractivity contribution in [2.75, 3.05) is 58.0 Å². The SMILES string of the molecule is CN(C)CCOc1ccc(-c2cccc3c(N)nc(Nc4ccc(C5CNCCO5)nc4)nc23)cc1. The van der Waals surface area contributed by atoms with Crippen LogP contribution in [0.4, 0.5) is 17.5 Å². The topological polar surface area (TPSA) is 110 Å². The Morgan fingerprint density at radius 1 is 1.11 bits per heavy atom. The summed E-state index contributed by atoms with van der Waals surface area (Å²) in [6.07, 6.45) is 1.73. The van der Waals surface area contributed by atoms with E-state index in [-0.39, 0.29) is 6.10 Å². The van der Waals surface area contributed by atoms with Gasteiger partial charge in [-0.3, -0.25) is 4.98 Å². The molecule has 3 heterocycles. The number of nitrogens with one attached hydrogen (secondary N) is 2. The predicted octanol–water partition coefficient (Wildman–Crippen LogP) is 3.62. The largest absolute Gasteiger partial charge is 0.492 e. The molecular formula is C27H31N7O2. The smallest absolute Gasteiger partial charge is 0.229 e. The fourth-order valence-electron chi connectivity index (χ4n) is 4.10. The standard InChI is InChI=1S/C27H31N7O2/c1-34(2)13-15-35-20-9-6-18(7-10-20)21-4-3-5-22-25(21)32-27(33-26(22)28)31-19-8-11-23(30-16-19)24-17-29-12-14-36-24/h3-11,16,24,29H,12-15,17H2,1-2H3,(H3,28,31,32,33). The van der Waals surface area contributed by atoms with Crippen LogP contribution in [0, 0.1) is 0 Å². The molecule has 5 rings (SSSR count). The van der Waals surface area contributed by atoms with Crippen LogP contribution >= 0.6 is 0 Å². The zero-order chi connectivity index (χ0) is 24.9. The molecule has 2 aromatic carbocycles. The summed E-state index contributed by atoms with van der Waals surface area (Å²) in [4.78, 5) is 15.9. The van der Waals surface area contributed by atoms with Crippen molar-refractivity contribution in [3.8, 4) is 16.9 Å². The highest BCUT2D eigenvalue weighted by Gasteiger charge is 2.17. The van der Waals surface area contributed by atoms with Crippen LogP contribution in [0.1, 0.15) is 11.8 Å². The molecule has 1 aliphatic rings. The number of rotatable bonds is 8. The van der Waals surface area contributed by atoms with E-state index in [0.717, 1.165) is 58.8 Å². The minimum Gasteiger partial charge on any atom is -0.492 e. The van der Waals surface area contributed by atoms with Gasteiger partial charge in [-0.1, -0.05) is 24.3 Å².